The maximum Gasteiger partial charge on any atom is 0.226 e. The fourth-order valence-electron chi connectivity index (χ4n) is 2.81. The van der Waals surface area contributed by atoms with Crippen molar-refractivity contribution >= 4 is 11.6 Å². The van der Waals surface area contributed by atoms with Crippen molar-refractivity contribution in [1.29, 1.82) is 0 Å². The summed E-state index contributed by atoms with van der Waals surface area (Å²) in [4.78, 5) is 6.86. The Hall–Kier alpha value is -1.36. The summed E-state index contributed by atoms with van der Waals surface area (Å²) < 4.78 is 5.55. The smallest absolute Gasteiger partial charge is 0.226 e. The third-order valence-electron chi connectivity index (χ3n) is 3.87. The Morgan fingerprint density at radius 2 is 2.33 bits per heavy atom. The summed E-state index contributed by atoms with van der Waals surface area (Å²) in [6.07, 6.45) is 3.95. The summed E-state index contributed by atoms with van der Waals surface area (Å²) in [5, 5.41) is 9.96. The van der Waals surface area contributed by atoms with E-state index in [1.807, 2.05) is 24.3 Å². The van der Waals surface area contributed by atoms with Crippen LogP contribution in [-0.2, 0) is 6.54 Å². The van der Waals surface area contributed by atoms with Gasteiger partial charge in [-0.2, -0.15) is 0 Å². The molecule has 2 aromatic rings. The highest BCUT2D eigenvalue weighted by molar-refractivity contribution is 6.30. The van der Waals surface area contributed by atoms with Gasteiger partial charge in [0.15, 0.2) is 0 Å². The highest BCUT2D eigenvalue weighted by Crippen LogP contribution is 2.23. The van der Waals surface area contributed by atoms with Crippen molar-refractivity contribution in [2.75, 3.05) is 19.7 Å². The molecule has 1 saturated heterocycles. The molecular formula is C16H19ClN2O2. The Bertz CT molecular complexity index is 599. The van der Waals surface area contributed by atoms with Gasteiger partial charge in [-0.25, -0.2) is 4.98 Å². The molecule has 0 spiro atoms. The normalized spacial score (nSPS) is 19.8. The highest BCUT2D eigenvalue weighted by Gasteiger charge is 2.20. The molecule has 3 rings (SSSR count). The summed E-state index contributed by atoms with van der Waals surface area (Å²) in [6.45, 7) is 3.01. The number of piperidine rings is 1. The molecule has 4 nitrogen and oxygen atoms in total. The predicted molar refractivity (Wildman–Crippen MR) is 82.0 cm³/mol. The number of likely N-dealkylation sites (tertiary alicyclic amines) is 1. The lowest BCUT2D eigenvalue weighted by Gasteiger charge is -2.30. The van der Waals surface area contributed by atoms with Crippen LogP contribution in [0.15, 0.2) is 34.9 Å². The zero-order valence-electron chi connectivity index (χ0n) is 11.8. The van der Waals surface area contributed by atoms with Gasteiger partial charge in [-0.15, -0.1) is 0 Å². The van der Waals surface area contributed by atoms with Crippen LogP contribution in [0.3, 0.4) is 0 Å². The number of aliphatic hydroxyl groups is 1. The van der Waals surface area contributed by atoms with E-state index >= 15 is 0 Å². The molecule has 0 aliphatic carbocycles. The van der Waals surface area contributed by atoms with E-state index in [-0.39, 0.29) is 6.61 Å². The van der Waals surface area contributed by atoms with Crippen LogP contribution in [0.25, 0.3) is 11.5 Å². The van der Waals surface area contributed by atoms with Crippen molar-refractivity contribution in [2.24, 2.45) is 5.92 Å². The van der Waals surface area contributed by atoms with E-state index in [4.69, 9.17) is 16.0 Å². The van der Waals surface area contributed by atoms with Gasteiger partial charge in [-0.1, -0.05) is 17.7 Å². The Morgan fingerprint density at radius 1 is 1.43 bits per heavy atom. The number of oxazole rings is 1. The Balaban J connectivity index is 1.68. The SMILES string of the molecule is OCC1CCCN(Cc2coc(-c3cccc(Cl)c3)n2)C1. The topological polar surface area (TPSA) is 49.5 Å². The molecule has 0 amide bonds. The first kappa shape index (κ1) is 14.6. The van der Waals surface area contributed by atoms with Crippen molar-refractivity contribution in [2.45, 2.75) is 19.4 Å². The van der Waals surface area contributed by atoms with E-state index < -0.39 is 0 Å². The summed E-state index contributed by atoms with van der Waals surface area (Å²) in [5.41, 5.74) is 1.81. The number of hydrogen-bond acceptors (Lipinski definition) is 4. The minimum atomic E-state index is 0.267. The number of hydrogen-bond donors (Lipinski definition) is 1. The number of benzene rings is 1. The van der Waals surface area contributed by atoms with Crippen molar-refractivity contribution in [1.82, 2.24) is 9.88 Å². The van der Waals surface area contributed by atoms with Crippen LogP contribution in [0.4, 0.5) is 0 Å². The largest absolute Gasteiger partial charge is 0.444 e. The van der Waals surface area contributed by atoms with Crippen LogP contribution >= 0.6 is 11.6 Å². The maximum atomic E-state index is 9.28. The predicted octanol–water partition coefficient (Wildman–Crippen LogP) is 3.20. The van der Waals surface area contributed by atoms with Crippen molar-refractivity contribution in [3.8, 4) is 11.5 Å². The Labute approximate surface area is 129 Å². The quantitative estimate of drug-likeness (QED) is 0.942. The van der Waals surface area contributed by atoms with Gasteiger partial charge in [0, 0.05) is 30.3 Å². The first-order valence-corrected chi connectivity index (χ1v) is 7.66. The molecule has 1 aliphatic heterocycles. The van der Waals surface area contributed by atoms with Crippen LogP contribution in [-0.4, -0.2) is 34.7 Å². The average molecular weight is 307 g/mol. The van der Waals surface area contributed by atoms with Gasteiger partial charge in [0.25, 0.3) is 0 Å². The molecule has 1 fully saturated rings. The van der Waals surface area contributed by atoms with Crippen molar-refractivity contribution < 1.29 is 9.52 Å². The summed E-state index contributed by atoms with van der Waals surface area (Å²) in [6, 6.07) is 7.50. The van der Waals surface area contributed by atoms with Gasteiger partial charge in [0.05, 0.1) is 5.69 Å². The second-order valence-electron chi connectivity index (χ2n) is 5.58. The van der Waals surface area contributed by atoms with E-state index in [1.165, 1.54) is 0 Å². The summed E-state index contributed by atoms with van der Waals surface area (Å²) in [7, 11) is 0. The van der Waals surface area contributed by atoms with Crippen LogP contribution in [0, 0.1) is 5.92 Å². The van der Waals surface area contributed by atoms with Gasteiger partial charge in [0.2, 0.25) is 5.89 Å². The number of nitrogens with zero attached hydrogens (tertiary/aromatic N) is 2. The lowest BCUT2D eigenvalue weighted by Crippen LogP contribution is -2.36. The van der Waals surface area contributed by atoms with E-state index in [0.29, 0.717) is 16.8 Å². The highest BCUT2D eigenvalue weighted by atomic mass is 35.5. The van der Waals surface area contributed by atoms with E-state index in [9.17, 15) is 5.11 Å². The minimum absolute atomic E-state index is 0.267. The molecule has 1 aromatic heterocycles. The molecule has 0 bridgehead atoms. The lowest BCUT2D eigenvalue weighted by atomic mass is 9.99. The van der Waals surface area contributed by atoms with Gasteiger partial charge in [0.1, 0.15) is 6.26 Å². The van der Waals surface area contributed by atoms with E-state index in [1.54, 1.807) is 6.26 Å². The second kappa shape index (κ2) is 6.60. The summed E-state index contributed by atoms with van der Waals surface area (Å²) in [5.74, 6) is 0.987. The number of aromatic nitrogens is 1. The molecule has 1 atom stereocenters. The van der Waals surface area contributed by atoms with Crippen LogP contribution in [0.5, 0.6) is 0 Å². The lowest BCUT2D eigenvalue weighted by molar-refractivity contribution is 0.115. The first-order chi connectivity index (χ1) is 10.2. The van der Waals surface area contributed by atoms with Gasteiger partial charge < -0.3 is 9.52 Å². The molecule has 5 heteroatoms. The van der Waals surface area contributed by atoms with E-state index in [0.717, 1.165) is 43.7 Å². The Morgan fingerprint density at radius 3 is 3.14 bits per heavy atom. The van der Waals surface area contributed by atoms with Crippen LogP contribution in [0.2, 0.25) is 5.02 Å². The first-order valence-electron chi connectivity index (χ1n) is 7.28. The molecule has 1 N–H and O–H groups in total. The standard InChI is InChI=1S/C16H19ClN2O2/c17-14-5-1-4-13(7-14)16-18-15(11-21-16)9-19-6-2-3-12(8-19)10-20/h1,4-5,7,11-12,20H,2-3,6,8-10H2. The molecule has 1 aliphatic rings. The fraction of sp³-hybridized carbons (Fsp3) is 0.438. The third kappa shape index (κ3) is 3.64. The van der Waals surface area contributed by atoms with E-state index in [2.05, 4.69) is 9.88 Å². The molecule has 2 heterocycles. The average Bonchev–Trinajstić information content (AvgIpc) is 2.96. The molecule has 0 radical (unpaired) electrons. The van der Waals surface area contributed by atoms with Crippen LogP contribution in [0.1, 0.15) is 18.5 Å². The molecule has 1 unspecified atom stereocenters. The molecular weight excluding hydrogens is 288 g/mol. The van der Waals surface area contributed by atoms with Gasteiger partial charge in [-0.05, 0) is 43.5 Å². The fourth-order valence-corrected chi connectivity index (χ4v) is 3.00. The van der Waals surface area contributed by atoms with Gasteiger partial charge >= 0.3 is 0 Å². The second-order valence-corrected chi connectivity index (χ2v) is 6.02. The van der Waals surface area contributed by atoms with Crippen molar-refractivity contribution in [3.63, 3.8) is 0 Å². The number of halogens is 1. The Kier molecular flexibility index (Phi) is 4.58. The number of rotatable bonds is 4. The molecule has 1 aromatic carbocycles. The zero-order chi connectivity index (χ0) is 14.7. The molecule has 0 saturated carbocycles. The number of aliphatic hydroxyl groups excluding tert-OH is 1. The monoisotopic (exact) mass is 306 g/mol. The van der Waals surface area contributed by atoms with Crippen LogP contribution < -0.4 is 0 Å². The van der Waals surface area contributed by atoms with Crippen molar-refractivity contribution in [3.05, 3.63) is 41.2 Å². The third-order valence-corrected chi connectivity index (χ3v) is 4.11. The van der Waals surface area contributed by atoms with Gasteiger partial charge in [-0.3, -0.25) is 4.90 Å². The maximum absolute atomic E-state index is 9.28. The molecule has 21 heavy (non-hydrogen) atoms. The minimum Gasteiger partial charge on any atom is -0.444 e. The summed E-state index contributed by atoms with van der Waals surface area (Å²) >= 11 is 5.99. The zero-order valence-corrected chi connectivity index (χ0v) is 12.6. The molecule has 112 valence electrons.